The number of benzene rings is 3. The minimum Gasteiger partial charge on any atom is -0.437 e. The summed E-state index contributed by atoms with van der Waals surface area (Å²) in [5.41, 5.74) is 2.43. The van der Waals surface area contributed by atoms with Crippen LogP contribution in [0.3, 0.4) is 0 Å². The van der Waals surface area contributed by atoms with E-state index in [0.29, 0.717) is 30.2 Å². The predicted molar refractivity (Wildman–Crippen MR) is 135 cm³/mol. The second-order valence-electron chi connectivity index (χ2n) is 9.24. The molecule has 5 heteroatoms. The van der Waals surface area contributed by atoms with Crippen molar-refractivity contribution in [3.8, 4) is 28.3 Å². The van der Waals surface area contributed by atoms with Gasteiger partial charge in [-0.2, -0.15) is 0 Å². The van der Waals surface area contributed by atoms with E-state index in [2.05, 4.69) is 0 Å². The van der Waals surface area contributed by atoms with E-state index in [4.69, 9.17) is 14.1 Å². The third-order valence-corrected chi connectivity index (χ3v) is 6.76. The van der Waals surface area contributed by atoms with Crippen LogP contribution in [0.25, 0.3) is 22.6 Å². The Bertz CT molecular complexity index is 1240. The van der Waals surface area contributed by atoms with Gasteiger partial charge in [0.05, 0.1) is 0 Å². The van der Waals surface area contributed by atoms with Gasteiger partial charge in [0, 0.05) is 24.0 Å². The Morgan fingerprint density at radius 1 is 1.00 bits per heavy atom. The number of carbonyl (C=O) groups excluding carboxylic acids is 1. The Morgan fingerprint density at radius 2 is 1.71 bits per heavy atom. The van der Waals surface area contributed by atoms with Crippen LogP contribution < -0.4 is 4.74 Å². The average Bonchev–Trinajstić information content (AvgIpc) is 3.33. The van der Waals surface area contributed by atoms with Gasteiger partial charge in [0.15, 0.2) is 5.76 Å². The molecule has 4 aromatic rings. The first-order valence-corrected chi connectivity index (χ1v) is 12.1. The number of oxazole rings is 1. The van der Waals surface area contributed by atoms with E-state index in [1.807, 2.05) is 78.9 Å². The fourth-order valence-electron chi connectivity index (χ4n) is 5.05. The third kappa shape index (κ3) is 4.91. The van der Waals surface area contributed by atoms with Crippen molar-refractivity contribution in [3.63, 3.8) is 0 Å². The van der Waals surface area contributed by atoms with Crippen LogP contribution in [0.2, 0.25) is 0 Å². The van der Waals surface area contributed by atoms with E-state index in [9.17, 15) is 9.90 Å². The SMILES string of the molecule is CC(=O)Oc1cccc(CC2CCCCC2(O)c2nc(-c3ccccc3)c(-c3ccccc3)o2)c1. The number of rotatable bonds is 6. The van der Waals surface area contributed by atoms with Gasteiger partial charge in [-0.25, -0.2) is 4.98 Å². The zero-order valence-electron chi connectivity index (χ0n) is 19.8. The molecular weight excluding hydrogens is 438 g/mol. The molecule has 0 amide bonds. The van der Waals surface area contributed by atoms with Crippen LogP contribution in [0, 0.1) is 5.92 Å². The molecule has 0 aliphatic heterocycles. The second kappa shape index (κ2) is 9.88. The lowest BCUT2D eigenvalue weighted by Gasteiger charge is -2.37. The van der Waals surface area contributed by atoms with E-state index in [0.717, 1.165) is 41.6 Å². The molecule has 1 aliphatic carbocycles. The standard InChI is InChI=1S/C30H29NO4/c1-21(32)34-26-17-10-11-22(20-26)19-25-16-8-9-18-30(25,33)29-31-27(23-12-4-2-5-13-23)28(35-29)24-14-6-3-7-15-24/h2-7,10-15,17,20,25,33H,8-9,16,18-19H2,1H3. The lowest BCUT2D eigenvalue weighted by molar-refractivity contribution is -0.131. The van der Waals surface area contributed by atoms with Crippen molar-refractivity contribution in [3.05, 3.63) is 96.4 Å². The average molecular weight is 468 g/mol. The molecule has 5 rings (SSSR count). The Kier molecular flexibility index (Phi) is 6.51. The van der Waals surface area contributed by atoms with Crippen molar-refractivity contribution >= 4 is 5.97 Å². The van der Waals surface area contributed by atoms with Crippen molar-refractivity contribution in [2.24, 2.45) is 5.92 Å². The lowest BCUT2D eigenvalue weighted by Crippen LogP contribution is -2.39. The van der Waals surface area contributed by atoms with Crippen LogP contribution >= 0.6 is 0 Å². The molecule has 1 fully saturated rings. The van der Waals surface area contributed by atoms with Gasteiger partial charge in [-0.15, -0.1) is 0 Å². The van der Waals surface area contributed by atoms with Crippen LogP contribution in [-0.2, 0) is 16.8 Å². The quantitative estimate of drug-likeness (QED) is 0.257. The van der Waals surface area contributed by atoms with E-state index < -0.39 is 5.60 Å². The molecule has 2 atom stereocenters. The van der Waals surface area contributed by atoms with Crippen LogP contribution in [0.1, 0.15) is 44.1 Å². The Hall–Kier alpha value is -3.70. The molecule has 1 heterocycles. The predicted octanol–water partition coefficient (Wildman–Crippen LogP) is 6.55. The number of esters is 1. The van der Waals surface area contributed by atoms with E-state index in [-0.39, 0.29) is 11.9 Å². The molecule has 1 saturated carbocycles. The van der Waals surface area contributed by atoms with Gasteiger partial charge in [0.2, 0.25) is 5.89 Å². The minimum absolute atomic E-state index is 0.0743. The summed E-state index contributed by atoms with van der Waals surface area (Å²) in [4.78, 5) is 16.3. The number of carbonyl (C=O) groups is 1. The first-order chi connectivity index (χ1) is 17.0. The maximum atomic E-state index is 12.1. The molecule has 0 bridgehead atoms. The molecule has 178 valence electrons. The molecule has 1 N–H and O–H groups in total. The highest BCUT2D eigenvalue weighted by Gasteiger charge is 2.45. The fourth-order valence-corrected chi connectivity index (χ4v) is 5.05. The molecule has 1 aromatic heterocycles. The summed E-state index contributed by atoms with van der Waals surface area (Å²) in [5.74, 6) is 1.13. The minimum atomic E-state index is -1.19. The molecule has 35 heavy (non-hydrogen) atoms. The Morgan fingerprint density at radius 3 is 2.43 bits per heavy atom. The zero-order chi connectivity index (χ0) is 24.3. The third-order valence-electron chi connectivity index (χ3n) is 6.76. The molecule has 3 aromatic carbocycles. The fraction of sp³-hybridized carbons (Fsp3) is 0.267. The number of aliphatic hydroxyl groups is 1. The van der Waals surface area contributed by atoms with Crippen LogP contribution in [0.5, 0.6) is 5.75 Å². The zero-order valence-corrected chi connectivity index (χ0v) is 19.8. The summed E-state index contributed by atoms with van der Waals surface area (Å²) < 4.78 is 11.7. The van der Waals surface area contributed by atoms with Crippen molar-refractivity contribution in [2.45, 2.75) is 44.6 Å². The summed E-state index contributed by atoms with van der Waals surface area (Å²) in [6, 6.07) is 27.4. The van der Waals surface area contributed by atoms with Gasteiger partial charge in [-0.1, -0.05) is 85.6 Å². The first kappa shape index (κ1) is 23.1. The lowest BCUT2D eigenvalue weighted by atomic mass is 9.72. The van der Waals surface area contributed by atoms with Gasteiger partial charge < -0.3 is 14.3 Å². The van der Waals surface area contributed by atoms with Crippen LogP contribution in [0.15, 0.2) is 89.3 Å². The van der Waals surface area contributed by atoms with E-state index in [1.165, 1.54) is 6.92 Å². The summed E-state index contributed by atoms with van der Waals surface area (Å²) in [6.45, 7) is 1.39. The van der Waals surface area contributed by atoms with Gasteiger partial charge in [-0.3, -0.25) is 4.79 Å². The van der Waals surface area contributed by atoms with Crippen LogP contribution in [-0.4, -0.2) is 16.1 Å². The molecule has 2 unspecified atom stereocenters. The van der Waals surface area contributed by atoms with E-state index >= 15 is 0 Å². The summed E-state index contributed by atoms with van der Waals surface area (Å²) in [5, 5.41) is 12.1. The number of ether oxygens (including phenoxy) is 1. The van der Waals surface area contributed by atoms with Gasteiger partial charge in [-0.05, 0) is 37.0 Å². The summed E-state index contributed by atoms with van der Waals surface area (Å²) in [7, 11) is 0. The highest BCUT2D eigenvalue weighted by atomic mass is 16.5. The highest BCUT2D eigenvalue weighted by Crippen LogP contribution is 2.46. The van der Waals surface area contributed by atoms with Crippen molar-refractivity contribution in [1.82, 2.24) is 4.98 Å². The number of aromatic nitrogens is 1. The summed E-state index contributed by atoms with van der Waals surface area (Å²) in [6.07, 6.45) is 4.02. The number of hydrogen-bond donors (Lipinski definition) is 1. The second-order valence-corrected chi connectivity index (χ2v) is 9.24. The molecular formula is C30H29NO4. The monoisotopic (exact) mass is 467 g/mol. The highest BCUT2D eigenvalue weighted by molar-refractivity contribution is 5.76. The molecule has 5 nitrogen and oxygen atoms in total. The van der Waals surface area contributed by atoms with Gasteiger partial charge >= 0.3 is 5.97 Å². The first-order valence-electron chi connectivity index (χ1n) is 12.1. The maximum absolute atomic E-state index is 12.1. The Balaban J connectivity index is 1.53. The van der Waals surface area contributed by atoms with Crippen molar-refractivity contribution < 1.29 is 19.1 Å². The van der Waals surface area contributed by atoms with Gasteiger partial charge in [0.25, 0.3) is 0 Å². The molecule has 1 aliphatic rings. The van der Waals surface area contributed by atoms with Crippen molar-refractivity contribution in [1.29, 1.82) is 0 Å². The van der Waals surface area contributed by atoms with E-state index in [1.54, 1.807) is 6.07 Å². The molecule has 0 spiro atoms. The smallest absolute Gasteiger partial charge is 0.308 e. The Labute approximate surface area is 205 Å². The largest absolute Gasteiger partial charge is 0.437 e. The topological polar surface area (TPSA) is 72.6 Å². The van der Waals surface area contributed by atoms with Crippen LogP contribution in [0.4, 0.5) is 0 Å². The number of hydrogen-bond acceptors (Lipinski definition) is 5. The molecule has 0 saturated heterocycles. The normalized spacial score (nSPS) is 19.9. The van der Waals surface area contributed by atoms with Gasteiger partial charge in [0.1, 0.15) is 17.0 Å². The maximum Gasteiger partial charge on any atom is 0.308 e. The summed E-state index contributed by atoms with van der Waals surface area (Å²) >= 11 is 0. The molecule has 0 radical (unpaired) electrons. The number of nitrogens with zero attached hydrogens (tertiary/aromatic N) is 1. The van der Waals surface area contributed by atoms with Crippen molar-refractivity contribution in [2.75, 3.05) is 0 Å².